The number of carbonyl (C=O) groups is 3. The first kappa shape index (κ1) is 22.4. The van der Waals surface area contributed by atoms with Crippen molar-refractivity contribution in [3.8, 4) is 11.1 Å². The van der Waals surface area contributed by atoms with E-state index in [4.69, 9.17) is 4.74 Å². The van der Waals surface area contributed by atoms with E-state index in [2.05, 4.69) is 29.6 Å². The van der Waals surface area contributed by atoms with Crippen LogP contribution in [0.15, 0.2) is 48.5 Å². The number of aliphatic carboxylic acids is 1. The van der Waals surface area contributed by atoms with Crippen molar-refractivity contribution in [2.75, 3.05) is 13.2 Å². The first-order chi connectivity index (χ1) is 16.1. The molecule has 2 aromatic rings. The van der Waals surface area contributed by atoms with Crippen molar-refractivity contribution in [1.29, 1.82) is 0 Å². The van der Waals surface area contributed by atoms with Gasteiger partial charge in [0.15, 0.2) is 0 Å². The molecule has 0 spiro atoms. The Morgan fingerprint density at radius 2 is 1.62 bits per heavy atom. The Kier molecular flexibility index (Phi) is 5.19. The van der Waals surface area contributed by atoms with Crippen molar-refractivity contribution in [2.45, 2.75) is 51.1 Å². The van der Waals surface area contributed by atoms with E-state index in [1.54, 1.807) is 6.92 Å². The lowest BCUT2D eigenvalue weighted by molar-refractivity contribution is -0.175. The number of nitrogens with zero attached hydrogens (tertiary/aromatic N) is 1. The Balaban J connectivity index is 1.30. The summed E-state index contributed by atoms with van der Waals surface area (Å²) < 4.78 is 5.67. The molecular weight excluding hydrogens is 432 g/mol. The van der Waals surface area contributed by atoms with Gasteiger partial charge < -0.3 is 20.1 Å². The van der Waals surface area contributed by atoms with Gasteiger partial charge in [-0.2, -0.15) is 0 Å². The van der Waals surface area contributed by atoms with E-state index in [1.807, 2.05) is 38.1 Å². The van der Waals surface area contributed by atoms with E-state index in [9.17, 15) is 19.5 Å². The van der Waals surface area contributed by atoms with Gasteiger partial charge in [0.05, 0.1) is 0 Å². The SMILES string of the molecule is CC1(C)CN(C(=O)C(C)(NC(=O)OCC2c3ccccc3-c3ccccc32)C2CC2)C1C(=O)O. The average Bonchev–Trinajstić information content (AvgIpc) is 3.59. The number of likely N-dealkylation sites (tertiary alicyclic amines) is 1. The number of carboxylic acids is 1. The lowest BCUT2D eigenvalue weighted by Crippen LogP contribution is -2.72. The zero-order valence-corrected chi connectivity index (χ0v) is 19.7. The van der Waals surface area contributed by atoms with E-state index >= 15 is 0 Å². The van der Waals surface area contributed by atoms with Gasteiger partial charge in [0.1, 0.15) is 18.2 Å². The van der Waals surface area contributed by atoms with E-state index in [0.29, 0.717) is 6.54 Å². The van der Waals surface area contributed by atoms with Gasteiger partial charge in [0.25, 0.3) is 0 Å². The number of carboxylic acid groups (broad SMARTS) is 1. The fourth-order valence-corrected chi connectivity index (χ4v) is 5.72. The normalized spacial score (nSPS) is 22.1. The molecule has 1 heterocycles. The van der Waals surface area contributed by atoms with Gasteiger partial charge in [0, 0.05) is 17.9 Å². The summed E-state index contributed by atoms with van der Waals surface area (Å²) in [6.07, 6.45) is 0.957. The molecule has 2 N–H and O–H groups in total. The molecule has 1 saturated heterocycles. The molecule has 1 saturated carbocycles. The van der Waals surface area contributed by atoms with Crippen LogP contribution in [0.3, 0.4) is 0 Å². The second-order valence-electron chi connectivity index (χ2n) is 10.6. The summed E-state index contributed by atoms with van der Waals surface area (Å²) in [7, 11) is 0. The molecule has 2 amide bonds. The fraction of sp³-hybridized carbons (Fsp3) is 0.444. The Bertz CT molecular complexity index is 1130. The smallest absolute Gasteiger partial charge is 0.408 e. The highest BCUT2D eigenvalue weighted by Crippen LogP contribution is 2.46. The van der Waals surface area contributed by atoms with Crippen molar-refractivity contribution in [2.24, 2.45) is 11.3 Å². The van der Waals surface area contributed by atoms with E-state index in [-0.39, 0.29) is 24.3 Å². The number of carbonyl (C=O) groups excluding carboxylic acids is 2. The van der Waals surface area contributed by atoms with Gasteiger partial charge in [-0.25, -0.2) is 9.59 Å². The predicted molar refractivity (Wildman–Crippen MR) is 126 cm³/mol. The Morgan fingerprint density at radius 3 is 2.12 bits per heavy atom. The van der Waals surface area contributed by atoms with E-state index in [1.165, 1.54) is 4.90 Å². The molecule has 178 valence electrons. The van der Waals surface area contributed by atoms with Crippen LogP contribution >= 0.6 is 0 Å². The third kappa shape index (κ3) is 3.54. The minimum absolute atomic E-state index is 0.0290. The van der Waals surface area contributed by atoms with Gasteiger partial charge >= 0.3 is 12.1 Å². The van der Waals surface area contributed by atoms with Crippen molar-refractivity contribution >= 4 is 18.0 Å². The molecule has 0 bridgehead atoms. The maximum absolute atomic E-state index is 13.4. The Morgan fingerprint density at radius 1 is 1.06 bits per heavy atom. The highest BCUT2D eigenvalue weighted by atomic mass is 16.5. The monoisotopic (exact) mass is 462 g/mol. The molecule has 0 radical (unpaired) electrons. The van der Waals surface area contributed by atoms with Gasteiger partial charge in [-0.1, -0.05) is 62.4 Å². The van der Waals surface area contributed by atoms with Crippen LogP contribution in [0.2, 0.25) is 0 Å². The van der Waals surface area contributed by atoms with Crippen molar-refractivity contribution in [3.63, 3.8) is 0 Å². The van der Waals surface area contributed by atoms with Crippen LogP contribution in [0, 0.1) is 11.3 Å². The predicted octanol–water partition coefficient (Wildman–Crippen LogP) is 4.02. The Hall–Kier alpha value is -3.35. The minimum Gasteiger partial charge on any atom is -0.480 e. The van der Waals surface area contributed by atoms with Crippen LogP contribution in [0.1, 0.15) is 50.7 Å². The number of nitrogens with one attached hydrogen (secondary N) is 1. The molecule has 1 aliphatic heterocycles. The summed E-state index contributed by atoms with van der Waals surface area (Å²) in [5.74, 6) is -1.48. The molecule has 2 aliphatic carbocycles. The Labute approximate surface area is 199 Å². The van der Waals surface area contributed by atoms with Crippen molar-refractivity contribution < 1.29 is 24.2 Å². The molecule has 7 heteroatoms. The maximum atomic E-state index is 13.4. The van der Waals surface area contributed by atoms with Crippen molar-refractivity contribution in [3.05, 3.63) is 59.7 Å². The topological polar surface area (TPSA) is 95.9 Å². The molecular formula is C27H30N2O5. The van der Waals surface area contributed by atoms with Crippen LogP contribution in [-0.2, 0) is 14.3 Å². The number of hydrogen-bond acceptors (Lipinski definition) is 4. The molecule has 2 unspecified atom stereocenters. The zero-order valence-electron chi connectivity index (χ0n) is 19.7. The van der Waals surface area contributed by atoms with Gasteiger partial charge in [-0.3, -0.25) is 4.79 Å². The number of amides is 2. The largest absolute Gasteiger partial charge is 0.480 e. The molecule has 2 atom stereocenters. The first-order valence-electron chi connectivity index (χ1n) is 11.8. The van der Waals surface area contributed by atoms with Crippen LogP contribution in [0.25, 0.3) is 11.1 Å². The van der Waals surface area contributed by atoms with Crippen LogP contribution in [0.5, 0.6) is 0 Å². The number of hydrogen-bond donors (Lipinski definition) is 2. The molecule has 2 aromatic carbocycles. The maximum Gasteiger partial charge on any atom is 0.408 e. The quantitative estimate of drug-likeness (QED) is 0.676. The highest BCUT2D eigenvalue weighted by molar-refractivity contribution is 5.94. The summed E-state index contributed by atoms with van der Waals surface area (Å²) in [5, 5.41) is 12.5. The number of rotatable bonds is 6. The van der Waals surface area contributed by atoms with Crippen LogP contribution < -0.4 is 5.32 Å². The molecule has 7 nitrogen and oxygen atoms in total. The van der Waals surface area contributed by atoms with Gasteiger partial charge in [-0.15, -0.1) is 0 Å². The van der Waals surface area contributed by atoms with E-state index in [0.717, 1.165) is 35.1 Å². The highest BCUT2D eigenvalue weighted by Gasteiger charge is 2.59. The molecule has 2 fully saturated rings. The summed E-state index contributed by atoms with van der Waals surface area (Å²) >= 11 is 0. The average molecular weight is 463 g/mol. The minimum atomic E-state index is -1.19. The van der Waals surface area contributed by atoms with E-state index < -0.39 is 29.1 Å². The lowest BCUT2D eigenvalue weighted by Gasteiger charge is -2.54. The van der Waals surface area contributed by atoms with Gasteiger partial charge in [-0.05, 0) is 47.9 Å². The third-order valence-electron chi connectivity index (χ3n) is 7.67. The number of benzene rings is 2. The fourth-order valence-electron chi connectivity index (χ4n) is 5.72. The van der Waals surface area contributed by atoms with Crippen LogP contribution in [0.4, 0.5) is 4.79 Å². The summed E-state index contributed by atoms with van der Waals surface area (Å²) in [6.45, 7) is 5.87. The standard InChI is InChI=1S/C27H30N2O5/c1-26(2)15-29(22(26)23(30)31)24(32)27(3,16-12-13-16)28-25(33)34-14-21-19-10-6-4-8-17(19)18-9-5-7-11-20(18)21/h4-11,16,21-22H,12-15H2,1-3H3,(H,28,33)(H,30,31). The number of alkyl carbamates (subject to hydrolysis) is 1. The zero-order chi connectivity index (χ0) is 24.3. The molecule has 34 heavy (non-hydrogen) atoms. The summed E-state index contributed by atoms with van der Waals surface area (Å²) in [4.78, 5) is 39.5. The first-order valence-corrected chi connectivity index (χ1v) is 11.8. The van der Waals surface area contributed by atoms with Gasteiger partial charge in [0.2, 0.25) is 5.91 Å². The second-order valence-corrected chi connectivity index (χ2v) is 10.6. The summed E-state index contributed by atoms with van der Waals surface area (Å²) in [6, 6.07) is 15.3. The third-order valence-corrected chi connectivity index (χ3v) is 7.67. The molecule has 5 rings (SSSR count). The number of ether oxygens (including phenoxy) is 1. The van der Waals surface area contributed by atoms with Crippen molar-refractivity contribution in [1.82, 2.24) is 10.2 Å². The molecule has 0 aromatic heterocycles. The number of fused-ring (bicyclic) bond motifs is 3. The summed E-state index contributed by atoms with van der Waals surface area (Å²) in [5.41, 5.74) is 2.83. The van der Waals surface area contributed by atoms with Crippen LogP contribution in [-0.4, -0.2) is 52.7 Å². The second kappa shape index (κ2) is 7.86. The lowest BCUT2D eigenvalue weighted by atomic mass is 9.73. The molecule has 3 aliphatic rings.